The topological polar surface area (TPSA) is 26.0 Å². The molecule has 1 atom stereocenters. The Morgan fingerprint density at radius 1 is 1.19 bits per heavy atom. The van der Waals surface area contributed by atoms with Crippen LogP contribution in [0.25, 0.3) is 0 Å². The van der Waals surface area contributed by atoms with Gasteiger partial charge in [0, 0.05) is 4.88 Å². The predicted octanol–water partition coefficient (Wildman–Crippen LogP) is 4.68. The molecule has 1 aromatic heterocycles. The molecule has 1 aliphatic rings. The van der Waals surface area contributed by atoms with Crippen molar-refractivity contribution in [2.24, 2.45) is 5.73 Å². The van der Waals surface area contributed by atoms with Gasteiger partial charge in [0.1, 0.15) is 0 Å². The summed E-state index contributed by atoms with van der Waals surface area (Å²) in [7, 11) is 0. The molecule has 1 aromatic rings. The molecule has 1 unspecified atom stereocenters. The molecule has 0 bridgehead atoms. The van der Waals surface area contributed by atoms with Crippen molar-refractivity contribution in [2.45, 2.75) is 44.6 Å². The van der Waals surface area contributed by atoms with Crippen molar-refractivity contribution in [2.75, 3.05) is 0 Å². The minimum absolute atomic E-state index is 0.0654. The third-order valence-corrected chi connectivity index (χ3v) is 4.44. The van der Waals surface area contributed by atoms with Crippen molar-refractivity contribution in [1.82, 2.24) is 0 Å². The van der Waals surface area contributed by atoms with Crippen LogP contribution in [-0.4, -0.2) is 0 Å². The van der Waals surface area contributed by atoms with Crippen molar-refractivity contribution < 1.29 is 0 Å². The minimum atomic E-state index is 0.0654. The number of thiophene rings is 1. The van der Waals surface area contributed by atoms with Gasteiger partial charge in [-0.2, -0.15) is 0 Å². The SMILES string of the molecule is NC(/C1=C/CCCCCC1)c1ccc(Cl)s1. The maximum absolute atomic E-state index is 6.29. The monoisotopic (exact) mass is 255 g/mol. The molecule has 0 saturated heterocycles. The average Bonchev–Trinajstić information content (AvgIpc) is 2.63. The van der Waals surface area contributed by atoms with Gasteiger partial charge < -0.3 is 5.73 Å². The fourth-order valence-corrected chi connectivity index (χ4v) is 3.28. The molecular formula is C13H18ClNS. The van der Waals surface area contributed by atoms with E-state index in [1.165, 1.54) is 42.6 Å². The van der Waals surface area contributed by atoms with E-state index in [1.807, 2.05) is 6.07 Å². The highest BCUT2D eigenvalue weighted by molar-refractivity contribution is 7.16. The van der Waals surface area contributed by atoms with Crippen molar-refractivity contribution in [3.05, 3.63) is 33.0 Å². The fraction of sp³-hybridized carbons (Fsp3) is 0.538. The molecule has 0 spiro atoms. The molecule has 1 nitrogen and oxygen atoms in total. The van der Waals surface area contributed by atoms with Crippen molar-refractivity contribution in [1.29, 1.82) is 0 Å². The van der Waals surface area contributed by atoms with Gasteiger partial charge in [0.2, 0.25) is 0 Å². The molecule has 1 aliphatic carbocycles. The van der Waals surface area contributed by atoms with E-state index in [-0.39, 0.29) is 6.04 Å². The van der Waals surface area contributed by atoms with E-state index >= 15 is 0 Å². The standard InChI is InChI=1S/C13H18ClNS/c14-12-9-8-11(16-12)13(15)10-6-4-2-1-3-5-7-10/h6,8-9,13H,1-5,7,15H2/b10-6+. The maximum atomic E-state index is 6.29. The maximum Gasteiger partial charge on any atom is 0.0931 e. The molecule has 0 fully saturated rings. The van der Waals surface area contributed by atoms with Gasteiger partial charge in [-0.15, -0.1) is 11.3 Å². The summed E-state index contributed by atoms with van der Waals surface area (Å²) in [5, 5.41) is 0. The van der Waals surface area contributed by atoms with Crippen LogP contribution in [0.5, 0.6) is 0 Å². The van der Waals surface area contributed by atoms with Crippen LogP contribution < -0.4 is 5.73 Å². The Balaban J connectivity index is 2.09. The van der Waals surface area contributed by atoms with E-state index in [1.54, 1.807) is 11.3 Å². The van der Waals surface area contributed by atoms with Crippen LogP contribution in [0.15, 0.2) is 23.8 Å². The summed E-state index contributed by atoms with van der Waals surface area (Å²) < 4.78 is 0.830. The smallest absolute Gasteiger partial charge is 0.0931 e. The minimum Gasteiger partial charge on any atom is -0.320 e. The highest BCUT2D eigenvalue weighted by atomic mass is 35.5. The zero-order chi connectivity index (χ0) is 11.4. The second-order valence-corrected chi connectivity index (χ2v) is 6.10. The molecule has 1 heterocycles. The number of hydrogen-bond donors (Lipinski definition) is 1. The number of allylic oxidation sites excluding steroid dienone is 1. The van der Waals surface area contributed by atoms with Crippen molar-refractivity contribution >= 4 is 22.9 Å². The predicted molar refractivity (Wildman–Crippen MR) is 72.0 cm³/mol. The van der Waals surface area contributed by atoms with E-state index in [2.05, 4.69) is 12.1 Å². The zero-order valence-corrected chi connectivity index (χ0v) is 11.0. The van der Waals surface area contributed by atoms with Gasteiger partial charge in [-0.1, -0.05) is 36.1 Å². The lowest BCUT2D eigenvalue weighted by Gasteiger charge is -2.17. The van der Waals surface area contributed by atoms with Crippen molar-refractivity contribution in [3.63, 3.8) is 0 Å². The molecule has 0 radical (unpaired) electrons. The number of nitrogens with two attached hydrogens (primary N) is 1. The van der Waals surface area contributed by atoms with Gasteiger partial charge in [-0.25, -0.2) is 0 Å². The number of halogens is 1. The Labute approximate surface area is 106 Å². The highest BCUT2D eigenvalue weighted by Gasteiger charge is 2.14. The zero-order valence-electron chi connectivity index (χ0n) is 9.42. The summed E-state index contributed by atoms with van der Waals surface area (Å²) in [6.07, 6.45) is 9.97. The summed E-state index contributed by atoms with van der Waals surface area (Å²) in [4.78, 5) is 1.19. The van der Waals surface area contributed by atoms with Gasteiger partial charge in [0.05, 0.1) is 10.4 Å². The second kappa shape index (κ2) is 5.85. The third kappa shape index (κ3) is 3.09. The molecule has 0 saturated carbocycles. The van der Waals surface area contributed by atoms with Gasteiger partial charge in [-0.3, -0.25) is 0 Å². The summed E-state index contributed by atoms with van der Waals surface area (Å²) >= 11 is 7.55. The van der Waals surface area contributed by atoms with E-state index < -0.39 is 0 Å². The summed E-state index contributed by atoms with van der Waals surface area (Å²) in [6.45, 7) is 0. The number of rotatable bonds is 2. The quantitative estimate of drug-likeness (QED) is 0.763. The van der Waals surface area contributed by atoms with E-state index in [4.69, 9.17) is 17.3 Å². The Kier molecular flexibility index (Phi) is 4.45. The average molecular weight is 256 g/mol. The summed E-state index contributed by atoms with van der Waals surface area (Å²) in [5.74, 6) is 0. The second-order valence-electron chi connectivity index (χ2n) is 4.35. The van der Waals surface area contributed by atoms with Crippen LogP contribution >= 0.6 is 22.9 Å². The first-order valence-corrected chi connectivity index (χ1v) is 7.16. The molecular weight excluding hydrogens is 238 g/mol. The van der Waals surface area contributed by atoms with Gasteiger partial charge in [-0.05, 0) is 37.8 Å². The molecule has 0 aromatic carbocycles. The van der Waals surface area contributed by atoms with Crippen LogP contribution in [0.2, 0.25) is 4.34 Å². The first kappa shape index (κ1) is 12.2. The van der Waals surface area contributed by atoms with Crippen LogP contribution in [0.3, 0.4) is 0 Å². The van der Waals surface area contributed by atoms with Gasteiger partial charge in [0.25, 0.3) is 0 Å². The molecule has 3 heteroatoms. The first-order valence-electron chi connectivity index (χ1n) is 5.97. The lowest BCUT2D eigenvalue weighted by molar-refractivity contribution is 0.604. The third-order valence-electron chi connectivity index (χ3n) is 3.13. The Bertz CT molecular complexity index is 370. The van der Waals surface area contributed by atoms with Crippen LogP contribution in [0, 0.1) is 0 Å². The van der Waals surface area contributed by atoms with Gasteiger partial charge in [0.15, 0.2) is 0 Å². The lowest BCUT2D eigenvalue weighted by atomic mass is 9.95. The molecule has 0 aliphatic heterocycles. The number of hydrogen-bond acceptors (Lipinski definition) is 2. The van der Waals surface area contributed by atoms with E-state index in [0.717, 1.165) is 10.8 Å². The van der Waals surface area contributed by atoms with Gasteiger partial charge >= 0.3 is 0 Å². The molecule has 2 N–H and O–H groups in total. The van der Waals surface area contributed by atoms with Crippen molar-refractivity contribution in [3.8, 4) is 0 Å². The Hall–Kier alpha value is -0.310. The first-order chi connectivity index (χ1) is 7.77. The Morgan fingerprint density at radius 2 is 2.00 bits per heavy atom. The summed E-state index contributed by atoms with van der Waals surface area (Å²) in [5.41, 5.74) is 7.69. The highest BCUT2D eigenvalue weighted by Crippen LogP contribution is 2.32. The van der Waals surface area contributed by atoms with Crippen LogP contribution in [0.4, 0.5) is 0 Å². The van der Waals surface area contributed by atoms with Crippen LogP contribution in [0.1, 0.15) is 49.4 Å². The molecule has 0 amide bonds. The Morgan fingerprint density at radius 3 is 2.75 bits per heavy atom. The van der Waals surface area contributed by atoms with E-state index in [0.29, 0.717) is 0 Å². The van der Waals surface area contributed by atoms with Crippen LogP contribution in [-0.2, 0) is 0 Å². The summed E-state index contributed by atoms with van der Waals surface area (Å²) in [6, 6.07) is 4.05. The molecule has 16 heavy (non-hydrogen) atoms. The lowest BCUT2D eigenvalue weighted by Crippen LogP contribution is -2.12. The largest absolute Gasteiger partial charge is 0.320 e. The normalized spacial score (nSPS) is 23.0. The fourth-order valence-electron chi connectivity index (χ4n) is 2.18. The molecule has 2 rings (SSSR count). The van der Waals surface area contributed by atoms with E-state index in [9.17, 15) is 0 Å². The molecule has 88 valence electrons.